The van der Waals surface area contributed by atoms with Gasteiger partial charge in [0.2, 0.25) is 0 Å². The summed E-state index contributed by atoms with van der Waals surface area (Å²) >= 11 is 0. The zero-order valence-electron chi connectivity index (χ0n) is 13.4. The van der Waals surface area contributed by atoms with Gasteiger partial charge in [-0.25, -0.2) is 4.39 Å². The predicted molar refractivity (Wildman–Crippen MR) is 80.4 cm³/mol. The van der Waals surface area contributed by atoms with Crippen molar-refractivity contribution in [3.05, 3.63) is 35.6 Å². The van der Waals surface area contributed by atoms with E-state index in [-0.39, 0.29) is 23.1 Å². The summed E-state index contributed by atoms with van der Waals surface area (Å²) in [6.07, 6.45) is 2.16. The summed E-state index contributed by atoms with van der Waals surface area (Å²) in [6.45, 7) is 9.13. The first kappa shape index (κ1) is 15.0. The van der Waals surface area contributed by atoms with Gasteiger partial charge in [-0.3, -0.25) is 0 Å². The highest BCUT2D eigenvalue weighted by atomic mass is 19.1. The smallest absolute Gasteiger partial charge is 0.128 e. The van der Waals surface area contributed by atoms with Crippen molar-refractivity contribution in [3.8, 4) is 0 Å². The SMILES string of the molecule is CC(C)[C@]12CC[C@](C)(O1)[C@H](OCc1ccccc1F)[C@H]2C. The molecular formula is C18H25FO2. The minimum absolute atomic E-state index is 0.0354. The summed E-state index contributed by atoms with van der Waals surface area (Å²) in [7, 11) is 0. The highest BCUT2D eigenvalue weighted by Gasteiger charge is 2.65. The van der Waals surface area contributed by atoms with Gasteiger partial charge in [-0.2, -0.15) is 0 Å². The van der Waals surface area contributed by atoms with E-state index in [0.717, 1.165) is 12.8 Å². The maximum absolute atomic E-state index is 13.7. The number of hydrogen-bond donors (Lipinski definition) is 0. The Labute approximate surface area is 126 Å². The van der Waals surface area contributed by atoms with E-state index in [1.807, 2.05) is 6.07 Å². The number of benzene rings is 1. The molecule has 2 nitrogen and oxygen atoms in total. The molecule has 2 saturated heterocycles. The van der Waals surface area contributed by atoms with Crippen molar-refractivity contribution in [1.82, 2.24) is 0 Å². The van der Waals surface area contributed by atoms with E-state index in [0.29, 0.717) is 24.0 Å². The van der Waals surface area contributed by atoms with Crippen molar-refractivity contribution in [3.63, 3.8) is 0 Å². The quantitative estimate of drug-likeness (QED) is 0.822. The van der Waals surface area contributed by atoms with Gasteiger partial charge in [0, 0.05) is 11.5 Å². The van der Waals surface area contributed by atoms with E-state index in [1.54, 1.807) is 12.1 Å². The number of ether oxygens (including phenoxy) is 2. The number of fused-ring (bicyclic) bond motifs is 2. The second kappa shape index (κ2) is 5.06. The first-order valence-corrected chi connectivity index (χ1v) is 7.94. The third-order valence-corrected chi connectivity index (χ3v) is 5.62. The molecule has 21 heavy (non-hydrogen) atoms. The van der Waals surface area contributed by atoms with Gasteiger partial charge in [-0.15, -0.1) is 0 Å². The van der Waals surface area contributed by atoms with Crippen molar-refractivity contribution >= 4 is 0 Å². The Morgan fingerprint density at radius 1 is 1.33 bits per heavy atom. The molecule has 2 aliphatic heterocycles. The zero-order valence-corrected chi connectivity index (χ0v) is 13.4. The molecule has 0 aliphatic carbocycles. The number of hydrogen-bond acceptors (Lipinski definition) is 2. The van der Waals surface area contributed by atoms with Gasteiger partial charge in [0.15, 0.2) is 0 Å². The van der Waals surface area contributed by atoms with E-state index in [2.05, 4.69) is 27.7 Å². The molecule has 0 N–H and O–H groups in total. The molecule has 2 bridgehead atoms. The van der Waals surface area contributed by atoms with E-state index in [9.17, 15) is 4.39 Å². The molecule has 3 rings (SSSR count). The summed E-state index contributed by atoms with van der Waals surface area (Å²) in [6, 6.07) is 6.82. The van der Waals surface area contributed by atoms with Gasteiger partial charge in [0.05, 0.1) is 23.9 Å². The third kappa shape index (κ3) is 2.22. The van der Waals surface area contributed by atoms with E-state index >= 15 is 0 Å². The van der Waals surface area contributed by atoms with Gasteiger partial charge >= 0.3 is 0 Å². The minimum atomic E-state index is -0.227. The van der Waals surface area contributed by atoms with Crippen LogP contribution in [0.15, 0.2) is 24.3 Å². The van der Waals surface area contributed by atoms with E-state index < -0.39 is 0 Å². The lowest BCUT2D eigenvalue weighted by Gasteiger charge is -2.38. The average molecular weight is 292 g/mol. The molecule has 0 saturated carbocycles. The van der Waals surface area contributed by atoms with Crippen molar-refractivity contribution in [1.29, 1.82) is 0 Å². The molecule has 1 aromatic rings. The Balaban J connectivity index is 1.76. The highest BCUT2D eigenvalue weighted by molar-refractivity contribution is 5.17. The average Bonchev–Trinajstić information content (AvgIpc) is 2.90. The van der Waals surface area contributed by atoms with Crippen molar-refractivity contribution in [2.24, 2.45) is 11.8 Å². The molecule has 4 atom stereocenters. The summed E-state index contributed by atoms with van der Waals surface area (Å²) in [5, 5.41) is 0. The molecule has 2 aliphatic rings. The molecule has 2 fully saturated rings. The van der Waals surface area contributed by atoms with Crippen LogP contribution in [0.1, 0.15) is 46.1 Å². The van der Waals surface area contributed by atoms with Crippen molar-refractivity contribution in [2.45, 2.75) is 64.4 Å². The standard InChI is InChI=1S/C18H25FO2/c1-12(2)18-10-9-17(4,21-18)16(13(18)3)20-11-14-7-5-6-8-15(14)19/h5-8,12-13,16H,9-11H2,1-4H3/t13-,16-,17+,18+/m1/s1. The zero-order chi connectivity index (χ0) is 15.3. The first-order chi connectivity index (χ1) is 9.89. The normalized spacial score (nSPS) is 38.4. The topological polar surface area (TPSA) is 18.5 Å². The van der Waals surface area contributed by atoms with Crippen LogP contribution in [0.4, 0.5) is 4.39 Å². The number of rotatable bonds is 4. The molecule has 116 valence electrons. The summed E-state index contributed by atoms with van der Waals surface area (Å²) in [4.78, 5) is 0. The number of halogens is 1. The van der Waals surface area contributed by atoms with Gasteiger partial charge in [0.1, 0.15) is 5.82 Å². The van der Waals surface area contributed by atoms with Crippen LogP contribution in [0.3, 0.4) is 0 Å². The first-order valence-electron chi connectivity index (χ1n) is 7.94. The fourth-order valence-corrected chi connectivity index (χ4v) is 4.33. The third-order valence-electron chi connectivity index (χ3n) is 5.62. The van der Waals surface area contributed by atoms with E-state index in [1.165, 1.54) is 6.07 Å². The molecule has 2 heterocycles. The maximum atomic E-state index is 13.7. The van der Waals surface area contributed by atoms with Gasteiger partial charge in [0.25, 0.3) is 0 Å². The van der Waals surface area contributed by atoms with Crippen LogP contribution in [-0.2, 0) is 16.1 Å². The van der Waals surface area contributed by atoms with Crippen LogP contribution >= 0.6 is 0 Å². The monoisotopic (exact) mass is 292 g/mol. The van der Waals surface area contributed by atoms with E-state index in [4.69, 9.17) is 9.47 Å². The lowest BCUT2D eigenvalue weighted by atomic mass is 9.69. The van der Waals surface area contributed by atoms with Crippen molar-refractivity contribution < 1.29 is 13.9 Å². The molecule has 0 amide bonds. The second-order valence-electron chi connectivity index (χ2n) is 7.14. The Kier molecular flexibility index (Phi) is 3.61. The molecule has 0 unspecified atom stereocenters. The molecule has 3 heteroatoms. The van der Waals surface area contributed by atoms with Crippen LogP contribution < -0.4 is 0 Å². The Morgan fingerprint density at radius 3 is 2.67 bits per heavy atom. The second-order valence-corrected chi connectivity index (χ2v) is 7.14. The molecule has 0 radical (unpaired) electrons. The maximum Gasteiger partial charge on any atom is 0.128 e. The Morgan fingerprint density at radius 2 is 2.05 bits per heavy atom. The van der Waals surface area contributed by atoms with Gasteiger partial charge in [-0.05, 0) is 31.7 Å². The van der Waals surface area contributed by atoms with Crippen LogP contribution in [0.5, 0.6) is 0 Å². The van der Waals surface area contributed by atoms with Crippen molar-refractivity contribution in [2.75, 3.05) is 0 Å². The van der Waals surface area contributed by atoms with Crippen LogP contribution in [0.25, 0.3) is 0 Å². The van der Waals surface area contributed by atoms with Gasteiger partial charge < -0.3 is 9.47 Å². The van der Waals surface area contributed by atoms with Crippen LogP contribution in [-0.4, -0.2) is 17.3 Å². The fourth-order valence-electron chi connectivity index (χ4n) is 4.33. The fraction of sp³-hybridized carbons (Fsp3) is 0.667. The molecule has 0 spiro atoms. The predicted octanol–water partition coefficient (Wildman–Crippen LogP) is 4.32. The minimum Gasteiger partial charge on any atom is -0.370 e. The van der Waals surface area contributed by atoms with Crippen LogP contribution in [0, 0.1) is 17.7 Å². The Hall–Kier alpha value is -0.930. The molecular weight excluding hydrogens is 267 g/mol. The Bertz CT molecular complexity index is 530. The highest BCUT2D eigenvalue weighted by Crippen LogP contribution is 2.58. The molecule has 1 aromatic carbocycles. The lowest BCUT2D eigenvalue weighted by molar-refractivity contribution is -0.0963. The molecule has 0 aromatic heterocycles. The summed E-state index contributed by atoms with van der Waals surface area (Å²) in [5.74, 6) is 0.609. The lowest BCUT2D eigenvalue weighted by Crippen LogP contribution is -2.46. The van der Waals surface area contributed by atoms with Crippen LogP contribution in [0.2, 0.25) is 0 Å². The largest absolute Gasteiger partial charge is 0.370 e. The summed E-state index contributed by atoms with van der Waals surface area (Å²) in [5.41, 5.74) is 0.318. The van der Waals surface area contributed by atoms with Gasteiger partial charge in [-0.1, -0.05) is 39.0 Å². The summed E-state index contributed by atoms with van der Waals surface area (Å²) < 4.78 is 26.3.